The first kappa shape index (κ1) is 23.4. The summed E-state index contributed by atoms with van der Waals surface area (Å²) in [6.45, 7) is 0.0768. The first-order valence-electron chi connectivity index (χ1n) is 10.9. The molecule has 4 nitrogen and oxygen atoms in total. The average Bonchev–Trinajstić information content (AvgIpc) is 3.20. The molecule has 4 rings (SSSR count). The molecule has 0 spiro atoms. The van der Waals surface area contributed by atoms with Crippen LogP contribution in [0.25, 0.3) is 0 Å². The van der Waals surface area contributed by atoms with Gasteiger partial charge in [-0.1, -0.05) is 35.9 Å². The summed E-state index contributed by atoms with van der Waals surface area (Å²) < 4.78 is 38.5. The van der Waals surface area contributed by atoms with Crippen LogP contribution in [-0.4, -0.2) is 12.1 Å². The molecular formula is C25H25ClF3N3O. The summed E-state index contributed by atoms with van der Waals surface area (Å²) in [5.41, 5.74) is 8.17. The van der Waals surface area contributed by atoms with E-state index < -0.39 is 11.7 Å². The smallest absolute Gasteiger partial charge is 0.397 e. The van der Waals surface area contributed by atoms with Crippen LogP contribution in [0.3, 0.4) is 0 Å². The molecule has 1 amide bonds. The van der Waals surface area contributed by atoms with Crippen LogP contribution in [-0.2, 0) is 17.5 Å². The summed E-state index contributed by atoms with van der Waals surface area (Å²) in [5.74, 6) is 0.536. The third-order valence-electron chi connectivity index (χ3n) is 6.30. The number of allylic oxidation sites excluding steroid dienone is 2. The number of nitrogens with zero attached hydrogens (tertiary/aromatic N) is 1. The van der Waals surface area contributed by atoms with Gasteiger partial charge < -0.3 is 11.1 Å². The van der Waals surface area contributed by atoms with E-state index in [1.165, 1.54) is 6.07 Å². The Hall–Kier alpha value is -2.80. The Morgan fingerprint density at radius 3 is 2.85 bits per heavy atom. The molecule has 33 heavy (non-hydrogen) atoms. The van der Waals surface area contributed by atoms with Crippen molar-refractivity contribution in [2.24, 2.45) is 16.8 Å². The van der Waals surface area contributed by atoms with Gasteiger partial charge >= 0.3 is 6.18 Å². The van der Waals surface area contributed by atoms with Crippen LogP contribution in [0.5, 0.6) is 0 Å². The number of benzene rings is 2. The summed E-state index contributed by atoms with van der Waals surface area (Å²) in [7, 11) is 0. The van der Waals surface area contributed by atoms with Crippen molar-refractivity contribution in [2.75, 3.05) is 5.73 Å². The fourth-order valence-corrected chi connectivity index (χ4v) is 4.85. The molecule has 3 atom stereocenters. The number of amides is 1. The molecule has 2 aromatic rings. The minimum absolute atomic E-state index is 0.0768. The average molecular weight is 476 g/mol. The van der Waals surface area contributed by atoms with E-state index in [-0.39, 0.29) is 24.3 Å². The summed E-state index contributed by atoms with van der Waals surface area (Å²) in [6.07, 6.45) is 4.74. The molecule has 0 bridgehead atoms. The number of carbonyl (C=O) groups excluding carboxylic acids is 1. The van der Waals surface area contributed by atoms with Crippen molar-refractivity contribution in [1.82, 2.24) is 5.32 Å². The van der Waals surface area contributed by atoms with E-state index in [0.29, 0.717) is 35.0 Å². The predicted octanol–water partition coefficient (Wildman–Crippen LogP) is 6.42. The number of aliphatic imine (C=N–C) groups is 1. The van der Waals surface area contributed by atoms with E-state index in [2.05, 4.69) is 22.5 Å². The Morgan fingerprint density at radius 2 is 2.06 bits per heavy atom. The summed E-state index contributed by atoms with van der Waals surface area (Å²) in [6, 6.07) is 8.64. The lowest BCUT2D eigenvalue weighted by molar-refractivity contribution is -0.137. The SMILES string of the molecule is Nc1cc(Cl)cc2c1N=CC2C1C=CCC(CCC(=O)NCc2cccc(C(F)(F)F)c2)C1. The van der Waals surface area contributed by atoms with Crippen molar-refractivity contribution >= 4 is 35.1 Å². The van der Waals surface area contributed by atoms with Crippen molar-refractivity contribution in [1.29, 1.82) is 0 Å². The molecule has 1 aliphatic heterocycles. The van der Waals surface area contributed by atoms with Crippen molar-refractivity contribution in [2.45, 2.75) is 44.3 Å². The Kier molecular flexibility index (Phi) is 6.79. The number of alkyl halides is 3. The number of rotatable bonds is 6. The van der Waals surface area contributed by atoms with Gasteiger partial charge in [0.05, 0.1) is 16.9 Å². The van der Waals surface area contributed by atoms with Gasteiger partial charge in [0.25, 0.3) is 0 Å². The second-order valence-electron chi connectivity index (χ2n) is 8.68. The Balaban J connectivity index is 1.29. The highest BCUT2D eigenvalue weighted by atomic mass is 35.5. The highest BCUT2D eigenvalue weighted by molar-refractivity contribution is 6.31. The van der Waals surface area contributed by atoms with Crippen LogP contribution >= 0.6 is 11.6 Å². The van der Waals surface area contributed by atoms with E-state index in [1.807, 2.05) is 12.3 Å². The number of anilines is 1. The predicted molar refractivity (Wildman–Crippen MR) is 125 cm³/mol. The van der Waals surface area contributed by atoms with Crippen LogP contribution in [0.1, 0.15) is 48.3 Å². The van der Waals surface area contributed by atoms with Crippen LogP contribution in [0, 0.1) is 11.8 Å². The fourth-order valence-electron chi connectivity index (χ4n) is 4.61. The zero-order valence-corrected chi connectivity index (χ0v) is 18.7. The first-order chi connectivity index (χ1) is 15.7. The van der Waals surface area contributed by atoms with Gasteiger partial charge in [0.1, 0.15) is 0 Å². The molecule has 0 fully saturated rings. The number of nitrogens with one attached hydrogen (secondary N) is 1. The zero-order valence-electron chi connectivity index (χ0n) is 17.9. The number of nitrogen functional groups attached to an aromatic ring is 1. The molecule has 8 heteroatoms. The van der Waals surface area contributed by atoms with Crippen molar-refractivity contribution in [3.05, 3.63) is 70.3 Å². The quantitative estimate of drug-likeness (QED) is 0.374. The largest absolute Gasteiger partial charge is 0.416 e. The molecule has 0 aromatic heterocycles. The number of fused-ring (bicyclic) bond motifs is 1. The minimum atomic E-state index is -4.40. The van der Waals surface area contributed by atoms with E-state index in [0.717, 1.165) is 36.2 Å². The maximum absolute atomic E-state index is 12.8. The maximum atomic E-state index is 12.8. The van der Waals surface area contributed by atoms with E-state index in [4.69, 9.17) is 17.3 Å². The highest BCUT2D eigenvalue weighted by Crippen LogP contribution is 2.45. The molecule has 2 aliphatic rings. The minimum Gasteiger partial charge on any atom is -0.397 e. The van der Waals surface area contributed by atoms with Gasteiger partial charge in [-0.3, -0.25) is 9.79 Å². The second-order valence-corrected chi connectivity index (χ2v) is 9.12. The second kappa shape index (κ2) is 9.59. The lowest BCUT2D eigenvalue weighted by atomic mass is 9.76. The van der Waals surface area contributed by atoms with Crippen molar-refractivity contribution < 1.29 is 18.0 Å². The van der Waals surface area contributed by atoms with Crippen LogP contribution < -0.4 is 11.1 Å². The Labute approximate surface area is 195 Å². The number of hydrogen-bond acceptors (Lipinski definition) is 3. The van der Waals surface area contributed by atoms with Gasteiger partial charge in [0.2, 0.25) is 5.91 Å². The third-order valence-corrected chi connectivity index (χ3v) is 6.52. The first-order valence-corrected chi connectivity index (χ1v) is 11.3. The van der Waals surface area contributed by atoms with Gasteiger partial charge in [-0.15, -0.1) is 0 Å². The van der Waals surface area contributed by atoms with Gasteiger partial charge in [-0.2, -0.15) is 13.2 Å². The van der Waals surface area contributed by atoms with Crippen LogP contribution in [0.4, 0.5) is 24.5 Å². The molecule has 2 aromatic carbocycles. The van der Waals surface area contributed by atoms with Crippen molar-refractivity contribution in [3.63, 3.8) is 0 Å². The van der Waals surface area contributed by atoms with Crippen LogP contribution in [0.15, 0.2) is 53.5 Å². The summed E-state index contributed by atoms with van der Waals surface area (Å²) in [5, 5.41) is 3.33. The van der Waals surface area contributed by atoms with Gasteiger partial charge in [-0.25, -0.2) is 0 Å². The van der Waals surface area contributed by atoms with Crippen LogP contribution in [0.2, 0.25) is 5.02 Å². The topological polar surface area (TPSA) is 67.5 Å². The maximum Gasteiger partial charge on any atom is 0.416 e. The number of nitrogens with two attached hydrogens (primary N) is 1. The molecule has 1 aliphatic carbocycles. The van der Waals surface area contributed by atoms with Gasteiger partial charge in [0.15, 0.2) is 0 Å². The standard InChI is InChI=1S/C25H25ClF3N3O/c26-19-11-20-21(14-32-24(20)22(30)12-19)17-5-1-3-15(9-17)7-8-23(33)31-13-16-4-2-6-18(10-16)25(27,28)29/h1-2,4-6,10-12,14-15,17,21H,3,7-9,13,30H2,(H,31,33). The van der Waals surface area contributed by atoms with Gasteiger partial charge in [-0.05, 0) is 66.5 Å². The lowest BCUT2D eigenvalue weighted by Crippen LogP contribution is -2.24. The molecule has 3 unspecified atom stereocenters. The number of halogens is 4. The van der Waals surface area contributed by atoms with Gasteiger partial charge in [0, 0.05) is 30.1 Å². The molecule has 1 heterocycles. The normalized spacial score (nSPS) is 21.8. The lowest BCUT2D eigenvalue weighted by Gasteiger charge is -2.28. The highest BCUT2D eigenvalue weighted by Gasteiger charge is 2.31. The molecule has 3 N–H and O–H groups in total. The Bertz CT molecular complexity index is 1100. The summed E-state index contributed by atoms with van der Waals surface area (Å²) in [4.78, 5) is 16.8. The van der Waals surface area contributed by atoms with E-state index >= 15 is 0 Å². The van der Waals surface area contributed by atoms with Crippen molar-refractivity contribution in [3.8, 4) is 0 Å². The Morgan fingerprint density at radius 1 is 1.24 bits per heavy atom. The van der Waals surface area contributed by atoms with E-state index in [1.54, 1.807) is 12.1 Å². The molecular weight excluding hydrogens is 451 g/mol. The fraction of sp³-hybridized carbons (Fsp3) is 0.360. The summed E-state index contributed by atoms with van der Waals surface area (Å²) >= 11 is 6.20. The third kappa shape index (κ3) is 5.58. The molecule has 174 valence electrons. The molecule has 0 radical (unpaired) electrons. The number of carbonyl (C=O) groups is 1. The monoisotopic (exact) mass is 475 g/mol. The number of hydrogen-bond donors (Lipinski definition) is 2. The molecule has 0 saturated carbocycles. The molecule has 0 saturated heterocycles. The van der Waals surface area contributed by atoms with E-state index in [9.17, 15) is 18.0 Å². The zero-order chi connectivity index (χ0) is 23.6.